The van der Waals surface area contributed by atoms with E-state index in [-0.39, 0.29) is 6.04 Å². The first kappa shape index (κ1) is 15.2. The minimum Gasteiger partial charge on any atom is -0.309 e. The van der Waals surface area contributed by atoms with Gasteiger partial charge in [-0.2, -0.15) is 0 Å². The van der Waals surface area contributed by atoms with Crippen LogP contribution in [0.5, 0.6) is 0 Å². The second-order valence-corrected chi connectivity index (χ2v) is 5.76. The quantitative estimate of drug-likeness (QED) is 0.853. The lowest BCUT2D eigenvalue weighted by molar-refractivity contribution is 0.532. The van der Waals surface area contributed by atoms with Crippen molar-refractivity contribution in [3.63, 3.8) is 0 Å². The van der Waals surface area contributed by atoms with E-state index < -0.39 is 0 Å². The van der Waals surface area contributed by atoms with E-state index in [1.54, 1.807) is 0 Å². The molecule has 0 aliphatic rings. The Morgan fingerprint density at radius 3 is 2.55 bits per heavy atom. The fourth-order valence-electron chi connectivity index (χ4n) is 2.43. The first-order valence-electron chi connectivity index (χ1n) is 7.16. The number of nitrogens with one attached hydrogen (secondary N) is 1. The van der Waals surface area contributed by atoms with Gasteiger partial charge >= 0.3 is 0 Å². The molecule has 2 aromatic rings. The van der Waals surface area contributed by atoms with E-state index >= 15 is 0 Å². The number of hydrogen-bond donors (Lipinski definition) is 1. The standard InChI is InChI=1S/C17H21BrN2/c1-3-14-6-5-11-20-17(14)16(19-4-2)12-13-7-9-15(18)10-8-13/h5-11,16,19H,3-4,12H2,1-2H3. The van der Waals surface area contributed by atoms with Crippen LogP contribution < -0.4 is 5.32 Å². The van der Waals surface area contributed by atoms with E-state index in [0.717, 1.165) is 23.9 Å². The number of halogens is 1. The highest BCUT2D eigenvalue weighted by atomic mass is 79.9. The Morgan fingerprint density at radius 1 is 1.15 bits per heavy atom. The van der Waals surface area contributed by atoms with Crippen molar-refractivity contribution in [2.24, 2.45) is 0 Å². The van der Waals surface area contributed by atoms with Crippen LogP contribution in [0.25, 0.3) is 0 Å². The Balaban J connectivity index is 2.24. The number of benzene rings is 1. The average Bonchev–Trinajstić information content (AvgIpc) is 2.49. The third-order valence-corrected chi connectivity index (χ3v) is 3.97. The summed E-state index contributed by atoms with van der Waals surface area (Å²) >= 11 is 3.48. The van der Waals surface area contributed by atoms with Gasteiger partial charge in [0, 0.05) is 10.7 Å². The fourth-order valence-corrected chi connectivity index (χ4v) is 2.70. The van der Waals surface area contributed by atoms with Crippen LogP contribution in [-0.2, 0) is 12.8 Å². The van der Waals surface area contributed by atoms with Gasteiger partial charge in [-0.15, -0.1) is 0 Å². The smallest absolute Gasteiger partial charge is 0.0608 e. The van der Waals surface area contributed by atoms with Crippen molar-refractivity contribution >= 4 is 15.9 Å². The van der Waals surface area contributed by atoms with Crippen molar-refractivity contribution in [1.82, 2.24) is 10.3 Å². The second-order valence-electron chi connectivity index (χ2n) is 4.84. The molecule has 2 rings (SSSR count). The van der Waals surface area contributed by atoms with Crippen LogP contribution in [-0.4, -0.2) is 11.5 Å². The van der Waals surface area contributed by atoms with Gasteiger partial charge in [0.2, 0.25) is 0 Å². The van der Waals surface area contributed by atoms with Crippen LogP contribution >= 0.6 is 15.9 Å². The number of pyridine rings is 1. The lowest BCUT2D eigenvalue weighted by atomic mass is 9.98. The summed E-state index contributed by atoms with van der Waals surface area (Å²) in [5.41, 5.74) is 3.84. The Hall–Kier alpha value is -1.19. The molecule has 1 aromatic carbocycles. The molecule has 0 aliphatic carbocycles. The molecule has 0 bridgehead atoms. The number of aryl methyl sites for hydroxylation is 1. The first-order chi connectivity index (χ1) is 9.74. The topological polar surface area (TPSA) is 24.9 Å². The van der Waals surface area contributed by atoms with E-state index in [4.69, 9.17) is 0 Å². The summed E-state index contributed by atoms with van der Waals surface area (Å²) in [7, 11) is 0. The number of hydrogen-bond acceptors (Lipinski definition) is 2. The molecule has 0 fully saturated rings. The van der Waals surface area contributed by atoms with Crippen LogP contribution in [0, 0.1) is 0 Å². The zero-order valence-corrected chi connectivity index (χ0v) is 13.7. The third kappa shape index (κ3) is 3.90. The zero-order valence-electron chi connectivity index (χ0n) is 12.1. The van der Waals surface area contributed by atoms with E-state index in [9.17, 15) is 0 Å². The normalized spacial score (nSPS) is 12.3. The van der Waals surface area contributed by atoms with Crippen LogP contribution in [0.15, 0.2) is 47.1 Å². The van der Waals surface area contributed by atoms with E-state index in [1.807, 2.05) is 12.3 Å². The van der Waals surface area contributed by atoms with Gasteiger partial charge in [-0.25, -0.2) is 0 Å². The Morgan fingerprint density at radius 2 is 1.90 bits per heavy atom. The van der Waals surface area contributed by atoms with Gasteiger partial charge in [0.25, 0.3) is 0 Å². The first-order valence-corrected chi connectivity index (χ1v) is 7.95. The highest BCUT2D eigenvalue weighted by molar-refractivity contribution is 9.10. The maximum absolute atomic E-state index is 4.61. The van der Waals surface area contributed by atoms with Crippen LogP contribution in [0.3, 0.4) is 0 Å². The molecule has 1 N–H and O–H groups in total. The highest BCUT2D eigenvalue weighted by Crippen LogP contribution is 2.21. The van der Waals surface area contributed by atoms with Crippen LogP contribution in [0.4, 0.5) is 0 Å². The number of aromatic nitrogens is 1. The minimum absolute atomic E-state index is 0.275. The summed E-state index contributed by atoms with van der Waals surface area (Å²) in [5.74, 6) is 0. The summed E-state index contributed by atoms with van der Waals surface area (Å²) in [5, 5.41) is 3.56. The van der Waals surface area contributed by atoms with Crippen molar-refractivity contribution < 1.29 is 0 Å². The van der Waals surface area contributed by atoms with Gasteiger partial charge in [0.05, 0.1) is 11.7 Å². The molecule has 3 heteroatoms. The molecular weight excluding hydrogens is 312 g/mol. The highest BCUT2D eigenvalue weighted by Gasteiger charge is 2.15. The maximum Gasteiger partial charge on any atom is 0.0608 e. The number of rotatable bonds is 6. The SMILES string of the molecule is CCNC(Cc1ccc(Br)cc1)c1ncccc1CC. The fraction of sp³-hybridized carbons (Fsp3) is 0.353. The molecule has 1 atom stereocenters. The minimum atomic E-state index is 0.275. The Kier molecular flexibility index (Phi) is 5.74. The molecule has 0 spiro atoms. The molecule has 0 radical (unpaired) electrons. The second kappa shape index (κ2) is 7.55. The molecule has 1 unspecified atom stereocenters. The molecule has 0 aliphatic heterocycles. The number of likely N-dealkylation sites (N-methyl/N-ethyl adjacent to an activating group) is 1. The zero-order chi connectivity index (χ0) is 14.4. The van der Waals surface area contributed by atoms with Gasteiger partial charge in [-0.3, -0.25) is 4.98 Å². The summed E-state index contributed by atoms with van der Waals surface area (Å²) in [6.45, 7) is 5.27. The van der Waals surface area contributed by atoms with E-state index in [1.165, 1.54) is 16.8 Å². The van der Waals surface area contributed by atoms with Gasteiger partial charge < -0.3 is 5.32 Å². The predicted octanol–water partition coefficient (Wildman–Crippen LogP) is 4.30. The molecule has 0 saturated carbocycles. The molecular formula is C17H21BrN2. The van der Waals surface area contributed by atoms with Gasteiger partial charge in [-0.05, 0) is 48.7 Å². The van der Waals surface area contributed by atoms with Crippen LogP contribution in [0.2, 0.25) is 0 Å². The maximum atomic E-state index is 4.61. The van der Waals surface area contributed by atoms with Crippen molar-refractivity contribution in [2.75, 3.05) is 6.54 Å². The lowest BCUT2D eigenvalue weighted by Crippen LogP contribution is -2.25. The van der Waals surface area contributed by atoms with Crippen molar-refractivity contribution in [1.29, 1.82) is 0 Å². The molecule has 1 aromatic heterocycles. The monoisotopic (exact) mass is 332 g/mol. The van der Waals surface area contributed by atoms with E-state index in [0.29, 0.717) is 0 Å². The average molecular weight is 333 g/mol. The van der Waals surface area contributed by atoms with Gasteiger partial charge in [0.1, 0.15) is 0 Å². The molecule has 106 valence electrons. The summed E-state index contributed by atoms with van der Waals surface area (Å²) in [6.07, 6.45) is 3.87. The third-order valence-electron chi connectivity index (χ3n) is 3.44. The van der Waals surface area contributed by atoms with Crippen molar-refractivity contribution in [3.8, 4) is 0 Å². The summed E-state index contributed by atoms with van der Waals surface area (Å²) in [6, 6.07) is 13.0. The largest absolute Gasteiger partial charge is 0.309 e. The lowest BCUT2D eigenvalue weighted by Gasteiger charge is -2.20. The Bertz CT molecular complexity index is 537. The molecule has 0 amide bonds. The molecule has 20 heavy (non-hydrogen) atoms. The van der Waals surface area contributed by atoms with Gasteiger partial charge in [-0.1, -0.05) is 48.0 Å². The van der Waals surface area contributed by atoms with Crippen molar-refractivity contribution in [2.45, 2.75) is 32.7 Å². The molecule has 1 heterocycles. The molecule has 2 nitrogen and oxygen atoms in total. The van der Waals surface area contributed by atoms with Gasteiger partial charge in [0.15, 0.2) is 0 Å². The predicted molar refractivity (Wildman–Crippen MR) is 87.9 cm³/mol. The number of nitrogens with zero attached hydrogens (tertiary/aromatic N) is 1. The summed E-state index contributed by atoms with van der Waals surface area (Å²) < 4.78 is 1.12. The van der Waals surface area contributed by atoms with Crippen molar-refractivity contribution in [3.05, 3.63) is 63.9 Å². The van der Waals surface area contributed by atoms with E-state index in [2.05, 4.69) is 70.4 Å². The van der Waals surface area contributed by atoms with Crippen LogP contribution in [0.1, 0.15) is 36.7 Å². The summed E-state index contributed by atoms with van der Waals surface area (Å²) in [4.78, 5) is 4.61. The molecule has 0 saturated heterocycles. The Labute approximate surface area is 129 Å².